The lowest BCUT2D eigenvalue weighted by atomic mass is 10.0. The first-order valence-corrected chi connectivity index (χ1v) is 9.04. The highest BCUT2D eigenvalue weighted by Gasteiger charge is 2.41. The standard InChI is InChI=1S/C17H26N2OS/c1-12(2)15-17(20)19(10-13(3)11-21-4)16(18-15)14-8-6-5-7-9-14/h5-9,12-13,15-16,18H,10-11H2,1-4H3. The summed E-state index contributed by atoms with van der Waals surface area (Å²) in [6.45, 7) is 7.24. The molecular weight excluding hydrogens is 280 g/mol. The van der Waals surface area contributed by atoms with Gasteiger partial charge in [-0.15, -0.1) is 0 Å². The van der Waals surface area contributed by atoms with E-state index in [0.717, 1.165) is 12.3 Å². The van der Waals surface area contributed by atoms with Crippen LogP contribution in [-0.2, 0) is 4.79 Å². The molecule has 3 unspecified atom stereocenters. The zero-order chi connectivity index (χ0) is 15.4. The molecule has 0 radical (unpaired) electrons. The predicted octanol–water partition coefficient (Wildman–Crippen LogP) is 3.14. The van der Waals surface area contributed by atoms with E-state index < -0.39 is 0 Å². The maximum Gasteiger partial charge on any atom is 0.241 e. The van der Waals surface area contributed by atoms with E-state index in [1.807, 2.05) is 34.9 Å². The average Bonchev–Trinajstić information content (AvgIpc) is 2.78. The Morgan fingerprint density at radius 2 is 1.90 bits per heavy atom. The van der Waals surface area contributed by atoms with Crippen molar-refractivity contribution in [1.29, 1.82) is 0 Å². The van der Waals surface area contributed by atoms with E-state index >= 15 is 0 Å². The molecule has 1 aliphatic heterocycles. The SMILES string of the molecule is CSCC(C)CN1C(=O)C(C(C)C)NC1c1ccccc1. The van der Waals surface area contributed by atoms with E-state index in [4.69, 9.17) is 0 Å². The minimum atomic E-state index is -0.0725. The first kappa shape index (κ1) is 16.4. The number of carbonyl (C=O) groups is 1. The van der Waals surface area contributed by atoms with Crippen molar-refractivity contribution in [3.8, 4) is 0 Å². The molecule has 0 aromatic heterocycles. The van der Waals surface area contributed by atoms with E-state index in [0.29, 0.717) is 11.8 Å². The number of benzene rings is 1. The van der Waals surface area contributed by atoms with Crippen LogP contribution in [0.1, 0.15) is 32.5 Å². The Hall–Kier alpha value is -1.00. The highest BCUT2D eigenvalue weighted by molar-refractivity contribution is 7.98. The molecule has 1 aromatic rings. The third-order valence-electron chi connectivity index (χ3n) is 3.94. The lowest BCUT2D eigenvalue weighted by molar-refractivity contribution is -0.131. The minimum absolute atomic E-state index is 0.00964. The first-order chi connectivity index (χ1) is 10.0. The van der Waals surface area contributed by atoms with Gasteiger partial charge >= 0.3 is 0 Å². The molecular formula is C17H26N2OS. The molecule has 0 bridgehead atoms. The average molecular weight is 306 g/mol. The molecule has 1 saturated heterocycles. The molecule has 3 nitrogen and oxygen atoms in total. The molecule has 116 valence electrons. The Labute approximate surface area is 132 Å². The van der Waals surface area contributed by atoms with Gasteiger partial charge < -0.3 is 4.90 Å². The van der Waals surface area contributed by atoms with Crippen LogP contribution in [0.4, 0.5) is 0 Å². The predicted molar refractivity (Wildman–Crippen MR) is 90.2 cm³/mol. The van der Waals surface area contributed by atoms with E-state index in [9.17, 15) is 4.79 Å². The fourth-order valence-electron chi connectivity index (χ4n) is 2.89. The van der Waals surface area contributed by atoms with Gasteiger partial charge in [0, 0.05) is 6.54 Å². The molecule has 0 saturated carbocycles. The smallest absolute Gasteiger partial charge is 0.241 e. The third kappa shape index (κ3) is 3.80. The van der Waals surface area contributed by atoms with Crippen LogP contribution in [0.5, 0.6) is 0 Å². The summed E-state index contributed by atoms with van der Waals surface area (Å²) in [7, 11) is 0. The van der Waals surface area contributed by atoms with Gasteiger partial charge in [-0.25, -0.2) is 0 Å². The van der Waals surface area contributed by atoms with Crippen molar-refractivity contribution in [2.24, 2.45) is 11.8 Å². The number of nitrogens with zero attached hydrogens (tertiary/aromatic N) is 1. The van der Waals surface area contributed by atoms with Gasteiger partial charge in [0.1, 0.15) is 6.17 Å². The van der Waals surface area contributed by atoms with Crippen molar-refractivity contribution in [2.75, 3.05) is 18.6 Å². The Balaban J connectivity index is 2.21. The largest absolute Gasteiger partial charge is 0.321 e. The minimum Gasteiger partial charge on any atom is -0.321 e. The second-order valence-corrected chi connectivity index (χ2v) is 7.16. The monoisotopic (exact) mass is 306 g/mol. The molecule has 0 spiro atoms. The highest BCUT2D eigenvalue weighted by atomic mass is 32.2. The maximum atomic E-state index is 12.7. The topological polar surface area (TPSA) is 32.3 Å². The molecule has 0 aliphatic carbocycles. The number of hydrogen-bond donors (Lipinski definition) is 1. The zero-order valence-electron chi connectivity index (χ0n) is 13.4. The molecule has 21 heavy (non-hydrogen) atoms. The van der Waals surface area contributed by atoms with Crippen LogP contribution in [0.3, 0.4) is 0 Å². The molecule has 1 heterocycles. The summed E-state index contributed by atoms with van der Waals surface area (Å²) in [5, 5.41) is 3.52. The van der Waals surface area contributed by atoms with Gasteiger partial charge in [0.25, 0.3) is 0 Å². The van der Waals surface area contributed by atoms with Crippen molar-refractivity contribution >= 4 is 17.7 Å². The second-order valence-electron chi connectivity index (χ2n) is 6.25. The Kier molecular flexibility index (Phi) is 5.71. The summed E-state index contributed by atoms with van der Waals surface area (Å²) in [4.78, 5) is 14.8. The summed E-state index contributed by atoms with van der Waals surface area (Å²) in [6, 6.07) is 10.2. The fraction of sp³-hybridized carbons (Fsp3) is 0.588. The van der Waals surface area contributed by atoms with Crippen LogP contribution in [0.15, 0.2) is 30.3 Å². The summed E-state index contributed by atoms with van der Waals surface area (Å²) in [6.07, 6.45) is 2.13. The van der Waals surface area contributed by atoms with Crippen molar-refractivity contribution < 1.29 is 4.79 Å². The molecule has 1 aromatic carbocycles. The van der Waals surface area contributed by atoms with Crippen LogP contribution < -0.4 is 5.32 Å². The molecule has 1 fully saturated rings. The summed E-state index contributed by atoms with van der Waals surface area (Å²) in [5.41, 5.74) is 1.17. The number of thioether (sulfide) groups is 1. The summed E-state index contributed by atoms with van der Waals surface area (Å²) in [5.74, 6) is 2.14. The number of nitrogens with one attached hydrogen (secondary N) is 1. The highest BCUT2D eigenvalue weighted by Crippen LogP contribution is 2.29. The van der Waals surface area contributed by atoms with Crippen molar-refractivity contribution in [1.82, 2.24) is 10.2 Å². The van der Waals surface area contributed by atoms with E-state index in [1.165, 1.54) is 5.56 Å². The van der Waals surface area contributed by atoms with E-state index in [2.05, 4.69) is 44.5 Å². The van der Waals surface area contributed by atoms with Crippen LogP contribution >= 0.6 is 11.8 Å². The number of amides is 1. The maximum absolute atomic E-state index is 12.7. The summed E-state index contributed by atoms with van der Waals surface area (Å²) < 4.78 is 0. The van der Waals surface area contributed by atoms with Gasteiger partial charge in [-0.05, 0) is 29.4 Å². The van der Waals surface area contributed by atoms with Gasteiger partial charge in [0.05, 0.1) is 6.04 Å². The van der Waals surface area contributed by atoms with E-state index in [1.54, 1.807) is 0 Å². The summed E-state index contributed by atoms with van der Waals surface area (Å²) >= 11 is 1.84. The number of hydrogen-bond acceptors (Lipinski definition) is 3. The molecule has 1 aliphatic rings. The van der Waals surface area contributed by atoms with Gasteiger partial charge in [-0.1, -0.05) is 51.1 Å². The van der Waals surface area contributed by atoms with Crippen molar-refractivity contribution in [3.63, 3.8) is 0 Å². The molecule has 1 N–H and O–H groups in total. The van der Waals surface area contributed by atoms with Gasteiger partial charge in [-0.2, -0.15) is 11.8 Å². The van der Waals surface area contributed by atoms with Crippen molar-refractivity contribution in [2.45, 2.75) is 33.0 Å². The lowest BCUT2D eigenvalue weighted by Gasteiger charge is -2.27. The van der Waals surface area contributed by atoms with Crippen molar-refractivity contribution in [3.05, 3.63) is 35.9 Å². The van der Waals surface area contributed by atoms with E-state index in [-0.39, 0.29) is 18.1 Å². The van der Waals surface area contributed by atoms with Crippen LogP contribution in [-0.4, -0.2) is 35.4 Å². The van der Waals surface area contributed by atoms with Crippen LogP contribution in [0, 0.1) is 11.8 Å². The normalized spacial score (nSPS) is 23.9. The second kappa shape index (κ2) is 7.32. The quantitative estimate of drug-likeness (QED) is 0.876. The Morgan fingerprint density at radius 1 is 1.24 bits per heavy atom. The fourth-order valence-corrected chi connectivity index (χ4v) is 3.57. The first-order valence-electron chi connectivity index (χ1n) is 7.65. The third-order valence-corrected chi connectivity index (χ3v) is 4.84. The van der Waals surface area contributed by atoms with Gasteiger partial charge in [0.15, 0.2) is 0 Å². The molecule has 1 amide bonds. The lowest BCUT2D eigenvalue weighted by Crippen LogP contribution is -2.36. The van der Waals surface area contributed by atoms with Crippen LogP contribution in [0.2, 0.25) is 0 Å². The number of carbonyl (C=O) groups excluding carboxylic acids is 1. The van der Waals surface area contributed by atoms with Gasteiger partial charge in [0.2, 0.25) is 5.91 Å². The Bertz CT molecular complexity index is 463. The zero-order valence-corrected chi connectivity index (χ0v) is 14.2. The molecule has 4 heteroatoms. The van der Waals surface area contributed by atoms with Gasteiger partial charge in [-0.3, -0.25) is 10.1 Å². The Morgan fingerprint density at radius 3 is 2.48 bits per heavy atom. The molecule has 2 rings (SSSR count). The van der Waals surface area contributed by atoms with Crippen LogP contribution in [0.25, 0.3) is 0 Å². The molecule has 3 atom stereocenters. The number of rotatable bonds is 6.